The van der Waals surface area contributed by atoms with E-state index in [0.29, 0.717) is 13.2 Å². The molecule has 7 heteroatoms. The van der Waals surface area contributed by atoms with Crippen LogP contribution < -0.4 is 24.2 Å². The van der Waals surface area contributed by atoms with Gasteiger partial charge in [-0.15, -0.1) is 0 Å². The Labute approximate surface area is 126 Å². The summed E-state index contributed by atoms with van der Waals surface area (Å²) < 4.78 is 4.98. The standard InChI is InChI=1S/C12H22N2O4.Li/c1-9(2)10(11(15)16)13-12(17)18-8-7-14-5-3-4-6-14;/h9-10H,3-8H2,1-2H3,(H,13,17)(H,15,16);/q;+1. The van der Waals surface area contributed by atoms with E-state index in [1.807, 2.05) is 0 Å². The topological polar surface area (TPSA) is 78.9 Å². The van der Waals surface area contributed by atoms with Gasteiger partial charge >= 0.3 is 30.9 Å². The van der Waals surface area contributed by atoms with Crippen LogP contribution in [0.15, 0.2) is 0 Å². The average molecular weight is 265 g/mol. The zero-order chi connectivity index (χ0) is 13.5. The molecule has 1 atom stereocenters. The molecule has 0 spiro atoms. The average Bonchev–Trinajstić information content (AvgIpc) is 2.78. The fourth-order valence-corrected chi connectivity index (χ4v) is 1.96. The van der Waals surface area contributed by atoms with Crippen LogP contribution in [-0.4, -0.2) is 54.4 Å². The van der Waals surface area contributed by atoms with E-state index in [1.165, 1.54) is 12.8 Å². The zero-order valence-electron chi connectivity index (χ0n) is 12.0. The van der Waals surface area contributed by atoms with Crippen LogP contribution in [0.5, 0.6) is 0 Å². The molecule has 1 heterocycles. The van der Waals surface area contributed by atoms with Gasteiger partial charge in [0.25, 0.3) is 0 Å². The number of aliphatic carboxylic acids is 1. The largest absolute Gasteiger partial charge is 1.00 e. The van der Waals surface area contributed by atoms with E-state index in [9.17, 15) is 9.59 Å². The van der Waals surface area contributed by atoms with Gasteiger partial charge in [-0.3, -0.25) is 4.90 Å². The summed E-state index contributed by atoms with van der Waals surface area (Å²) in [5, 5.41) is 11.3. The Kier molecular flexibility index (Phi) is 8.90. The predicted octanol–water partition coefficient (Wildman–Crippen LogP) is -2.08. The molecule has 1 rings (SSSR count). The minimum Gasteiger partial charge on any atom is -0.480 e. The predicted molar refractivity (Wildman–Crippen MR) is 66.4 cm³/mol. The van der Waals surface area contributed by atoms with Gasteiger partial charge in [0.15, 0.2) is 0 Å². The van der Waals surface area contributed by atoms with E-state index in [0.717, 1.165) is 13.1 Å². The van der Waals surface area contributed by atoms with Gasteiger partial charge in [0.1, 0.15) is 12.6 Å². The third-order valence-electron chi connectivity index (χ3n) is 3.05. The number of rotatable bonds is 6. The van der Waals surface area contributed by atoms with Crippen LogP contribution in [0, 0.1) is 5.92 Å². The summed E-state index contributed by atoms with van der Waals surface area (Å²) in [5.74, 6) is -1.21. The Morgan fingerprint density at radius 3 is 2.37 bits per heavy atom. The molecule has 0 aromatic carbocycles. The fourth-order valence-electron chi connectivity index (χ4n) is 1.96. The number of nitrogens with one attached hydrogen (secondary N) is 1. The van der Waals surface area contributed by atoms with Gasteiger partial charge in [0.2, 0.25) is 0 Å². The molecule has 1 unspecified atom stereocenters. The van der Waals surface area contributed by atoms with Crippen molar-refractivity contribution >= 4 is 12.1 Å². The third kappa shape index (κ3) is 6.86. The Morgan fingerprint density at radius 1 is 1.32 bits per heavy atom. The van der Waals surface area contributed by atoms with Crippen LogP contribution in [0.25, 0.3) is 0 Å². The SMILES string of the molecule is CC(C)C(NC(=O)OCCN1CCCC1)C(=O)O.[Li+]. The van der Waals surface area contributed by atoms with Crippen molar-refractivity contribution in [3.63, 3.8) is 0 Å². The van der Waals surface area contributed by atoms with Gasteiger partial charge in [-0.1, -0.05) is 13.8 Å². The van der Waals surface area contributed by atoms with Crippen LogP contribution in [0.3, 0.4) is 0 Å². The Morgan fingerprint density at radius 2 is 1.89 bits per heavy atom. The molecule has 19 heavy (non-hydrogen) atoms. The van der Waals surface area contributed by atoms with Gasteiger partial charge in [0.05, 0.1) is 0 Å². The second-order valence-corrected chi connectivity index (χ2v) is 4.89. The number of likely N-dealkylation sites (tertiary alicyclic amines) is 1. The number of carbonyl (C=O) groups excluding carboxylic acids is 1. The van der Waals surface area contributed by atoms with E-state index < -0.39 is 18.1 Å². The molecule has 0 radical (unpaired) electrons. The van der Waals surface area contributed by atoms with Crippen LogP contribution in [0.1, 0.15) is 26.7 Å². The third-order valence-corrected chi connectivity index (χ3v) is 3.05. The minimum absolute atomic E-state index is 0. The number of carboxylic acid groups (broad SMARTS) is 1. The van der Waals surface area contributed by atoms with Crippen LogP contribution in [0.4, 0.5) is 4.79 Å². The summed E-state index contributed by atoms with van der Waals surface area (Å²) >= 11 is 0. The van der Waals surface area contributed by atoms with E-state index >= 15 is 0 Å². The monoisotopic (exact) mass is 265 g/mol. The first-order valence-electron chi connectivity index (χ1n) is 6.39. The summed E-state index contributed by atoms with van der Waals surface area (Å²) in [5.41, 5.74) is 0. The minimum atomic E-state index is -1.04. The quantitative estimate of drug-likeness (QED) is 0.539. The second-order valence-electron chi connectivity index (χ2n) is 4.89. The number of hydrogen-bond acceptors (Lipinski definition) is 4. The Bertz CT molecular complexity index is 293. The molecule has 0 aromatic rings. The first-order chi connectivity index (χ1) is 8.50. The number of ether oxygens (including phenoxy) is 1. The maximum Gasteiger partial charge on any atom is 1.00 e. The van der Waals surface area contributed by atoms with Crippen molar-refractivity contribution in [2.75, 3.05) is 26.2 Å². The van der Waals surface area contributed by atoms with Gasteiger partial charge in [-0.05, 0) is 31.8 Å². The molecule has 0 aromatic heterocycles. The number of amides is 1. The number of alkyl carbamates (subject to hydrolysis) is 1. The maximum absolute atomic E-state index is 11.4. The first-order valence-corrected chi connectivity index (χ1v) is 6.39. The smallest absolute Gasteiger partial charge is 0.480 e. The van der Waals surface area contributed by atoms with Crippen molar-refractivity contribution in [2.24, 2.45) is 5.92 Å². The van der Waals surface area contributed by atoms with Gasteiger partial charge < -0.3 is 15.2 Å². The molecule has 2 N–H and O–H groups in total. The van der Waals surface area contributed by atoms with E-state index in [4.69, 9.17) is 9.84 Å². The maximum atomic E-state index is 11.4. The van der Waals surface area contributed by atoms with Crippen molar-refractivity contribution < 1.29 is 38.3 Å². The second kappa shape index (κ2) is 9.24. The molecule has 1 amide bonds. The summed E-state index contributed by atoms with van der Waals surface area (Å²) in [6, 6.07) is -0.899. The van der Waals surface area contributed by atoms with Crippen molar-refractivity contribution in [1.29, 1.82) is 0 Å². The van der Waals surface area contributed by atoms with Gasteiger partial charge in [-0.2, -0.15) is 0 Å². The van der Waals surface area contributed by atoms with Crippen molar-refractivity contribution in [3.8, 4) is 0 Å². The van der Waals surface area contributed by atoms with Gasteiger partial charge in [-0.25, -0.2) is 9.59 Å². The molecule has 1 fully saturated rings. The van der Waals surface area contributed by atoms with E-state index in [1.54, 1.807) is 13.8 Å². The molecule has 104 valence electrons. The zero-order valence-corrected chi connectivity index (χ0v) is 12.0. The van der Waals surface area contributed by atoms with Crippen LogP contribution >= 0.6 is 0 Å². The number of carbonyl (C=O) groups is 2. The molecule has 0 aliphatic carbocycles. The summed E-state index contributed by atoms with van der Waals surface area (Å²) in [4.78, 5) is 24.5. The Hall–Kier alpha value is -0.703. The fraction of sp³-hybridized carbons (Fsp3) is 0.833. The number of hydrogen-bond donors (Lipinski definition) is 2. The molecule has 1 saturated heterocycles. The first kappa shape index (κ1) is 18.3. The molecule has 1 aliphatic heterocycles. The summed E-state index contributed by atoms with van der Waals surface area (Å²) in [6.45, 7) is 6.60. The number of carboxylic acids is 1. The molecule has 1 aliphatic rings. The summed E-state index contributed by atoms with van der Waals surface area (Å²) in [7, 11) is 0. The van der Waals surface area contributed by atoms with Crippen molar-refractivity contribution in [3.05, 3.63) is 0 Å². The number of nitrogens with zero attached hydrogens (tertiary/aromatic N) is 1. The van der Waals surface area contributed by atoms with E-state index in [-0.39, 0.29) is 24.8 Å². The molecular weight excluding hydrogens is 243 g/mol. The van der Waals surface area contributed by atoms with Crippen molar-refractivity contribution in [1.82, 2.24) is 10.2 Å². The molecule has 6 nitrogen and oxygen atoms in total. The molecular formula is C12H22LiN2O4+. The molecule has 0 saturated carbocycles. The van der Waals surface area contributed by atoms with Crippen molar-refractivity contribution in [2.45, 2.75) is 32.7 Å². The van der Waals surface area contributed by atoms with Crippen LogP contribution in [-0.2, 0) is 9.53 Å². The normalized spacial score (nSPS) is 16.8. The Balaban J connectivity index is 0.00000324. The van der Waals surface area contributed by atoms with Crippen LogP contribution in [0.2, 0.25) is 0 Å². The van der Waals surface area contributed by atoms with E-state index in [2.05, 4.69) is 10.2 Å². The van der Waals surface area contributed by atoms with Gasteiger partial charge in [0, 0.05) is 6.54 Å². The summed E-state index contributed by atoms with van der Waals surface area (Å²) in [6.07, 6.45) is 1.73. The molecule has 0 bridgehead atoms.